The lowest BCUT2D eigenvalue weighted by Crippen LogP contribution is -2.13. The molecule has 2 rings (SSSR count). The Morgan fingerprint density at radius 1 is 1.20 bits per heavy atom. The third-order valence-corrected chi connectivity index (χ3v) is 4.22. The number of anilines is 1. The van der Waals surface area contributed by atoms with Crippen LogP contribution >= 0.6 is 0 Å². The van der Waals surface area contributed by atoms with Crippen molar-refractivity contribution in [2.75, 3.05) is 19.0 Å². The molecule has 25 heavy (non-hydrogen) atoms. The highest BCUT2D eigenvalue weighted by atomic mass is 32.2. The molecule has 0 bridgehead atoms. The van der Waals surface area contributed by atoms with Gasteiger partial charge in [-0.3, -0.25) is 15.1 Å². The van der Waals surface area contributed by atoms with E-state index in [4.69, 9.17) is 5.14 Å². The minimum Gasteiger partial charge on any atom is -0.872 e. The van der Waals surface area contributed by atoms with Gasteiger partial charge in [0.15, 0.2) is 0 Å². The van der Waals surface area contributed by atoms with E-state index in [0.29, 0.717) is 5.69 Å². The summed E-state index contributed by atoms with van der Waals surface area (Å²) in [6, 6.07) is 7.42. The zero-order valence-corrected chi connectivity index (χ0v) is 14.2. The van der Waals surface area contributed by atoms with Gasteiger partial charge in [0.25, 0.3) is 5.69 Å². The van der Waals surface area contributed by atoms with Crippen molar-refractivity contribution in [1.82, 2.24) is 0 Å². The topological polar surface area (TPSA) is 142 Å². The van der Waals surface area contributed by atoms with Crippen molar-refractivity contribution in [3.63, 3.8) is 0 Å². The van der Waals surface area contributed by atoms with Gasteiger partial charge in [0.1, 0.15) is 0 Å². The van der Waals surface area contributed by atoms with Crippen LogP contribution in [0.3, 0.4) is 0 Å². The molecule has 9 nitrogen and oxygen atoms in total. The first-order chi connectivity index (χ1) is 11.6. The van der Waals surface area contributed by atoms with E-state index in [1.807, 2.05) is 0 Å². The Kier molecular flexibility index (Phi) is 5.04. The molecule has 10 heteroatoms. The van der Waals surface area contributed by atoms with Crippen molar-refractivity contribution in [2.24, 2.45) is 10.1 Å². The first kappa shape index (κ1) is 18.4. The lowest BCUT2D eigenvalue weighted by atomic mass is 10.2. The minimum atomic E-state index is -3.92. The standard InChI is InChI=1S/C15H16N4O5S/c1-18(2)14-5-4-12(25(16,23)24)8-13(14)17-9-10-7-11(19(21)22)3-6-15(10)20/h3-9,20H,1-2H3,(H2,16,23,24)/p-1. The van der Waals surface area contributed by atoms with Crippen LogP contribution in [-0.4, -0.2) is 33.7 Å². The van der Waals surface area contributed by atoms with Crippen LogP contribution in [0.4, 0.5) is 17.1 Å². The zero-order chi connectivity index (χ0) is 18.8. The van der Waals surface area contributed by atoms with E-state index in [-0.39, 0.29) is 21.8 Å². The number of nitro benzene ring substituents is 1. The van der Waals surface area contributed by atoms with E-state index in [1.165, 1.54) is 18.2 Å². The molecule has 2 N–H and O–H groups in total. The zero-order valence-electron chi connectivity index (χ0n) is 13.4. The summed E-state index contributed by atoms with van der Waals surface area (Å²) in [5.41, 5.74) is 0.607. The number of nitro groups is 1. The molecule has 0 saturated heterocycles. The number of rotatable bonds is 5. The van der Waals surface area contributed by atoms with Gasteiger partial charge in [-0.05, 0) is 23.8 Å². The van der Waals surface area contributed by atoms with Gasteiger partial charge in [-0.2, -0.15) is 0 Å². The van der Waals surface area contributed by atoms with Crippen molar-refractivity contribution in [1.29, 1.82) is 0 Å². The molecule has 132 valence electrons. The molecule has 0 heterocycles. The van der Waals surface area contributed by atoms with Crippen molar-refractivity contribution >= 4 is 33.3 Å². The summed E-state index contributed by atoms with van der Waals surface area (Å²) in [5, 5.41) is 27.7. The van der Waals surface area contributed by atoms with Crippen LogP contribution in [0, 0.1) is 10.1 Å². The van der Waals surface area contributed by atoms with Crippen LogP contribution in [0.25, 0.3) is 0 Å². The average molecular weight is 363 g/mol. The molecule has 2 aromatic rings. The Labute approximate surface area is 144 Å². The lowest BCUT2D eigenvalue weighted by molar-refractivity contribution is -0.385. The highest BCUT2D eigenvalue weighted by Crippen LogP contribution is 2.30. The van der Waals surface area contributed by atoms with Gasteiger partial charge in [-0.15, -0.1) is 0 Å². The summed E-state index contributed by atoms with van der Waals surface area (Å²) in [5.74, 6) is -0.441. The molecule has 0 amide bonds. The summed E-state index contributed by atoms with van der Waals surface area (Å²) < 4.78 is 23.0. The largest absolute Gasteiger partial charge is 0.872 e. The lowest BCUT2D eigenvalue weighted by Gasteiger charge is -2.16. The third-order valence-electron chi connectivity index (χ3n) is 3.30. The molecule has 0 atom stereocenters. The number of sulfonamides is 1. The molecule has 0 unspecified atom stereocenters. The second kappa shape index (κ2) is 6.87. The van der Waals surface area contributed by atoms with E-state index in [0.717, 1.165) is 24.4 Å². The number of nitrogens with two attached hydrogens (primary N) is 1. The SMILES string of the molecule is CN(C)c1ccc(S(N)(=O)=O)cc1N=Cc1cc([N+](=O)[O-])ccc1[O-]. The Hall–Kier alpha value is -2.98. The van der Waals surface area contributed by atoms with Crippen LogP contribution in [0.15, 0.2) is 46.3 Å². The fourth-order valence-corrected chi connectivity index (χ4v) is 2.58. The second-order valence-corrected chi connectivity index (χ2v) is 6.89. The first-order valence-corrected chi connectivity index (χ1v) is 8.48. The van der Waals surface area contributed by atoms with Crippen LogP contribution in [-0.2, 0) is 10.0 Å². The maximum Gasteiger partial charge on any atom is 0.270 e. The summed E-state index contributed by atoms with van der Waals surface area (Å²) in [6.07, 6.45) is 1.16. The normalized spacial score (nSPS) is 11.6. The Balaban J connectivity index is 2.53. The molecular formula is C15H15N4O5S-. The van der Waals surface area contributed by atoms with Gasteiger partial charge in [-0.25, -0.2) is 13.6 Å². The molecular weight excluding hydrogens is 348 g/mol. The Morgan fingerprint density at radius 2 is 1.88 bits per heavy atom. The maximum atomic E-state index is 11.8. The minimum absolute atomic E-state index is 0.0138. The summed E-state index contributed by atoms with van der Waals surface area (Å²) in [6.45, 7) is 0. The Bertz CT molecular complexity index is 954. The fourth-order valence-electron chi connectivity index (χ4n) is 2.05. The molecule has 0 aliphatic carbocycles. The molecule has 0 aliphatic rings. The number of non-ortho nitro benzene ring substituents is 1. The van der Waals surface area contributed by atoms with Crippen molar-refractivity contribution in [3.8, 4) is 5.75 Å². The summed E-state index contributed by atoms with van der Waals surface area (Å²) in [7, 11) is -0.453. The number of aliphatic imine (C=N–C) groups is 1. The van der Waals surface area contributed by atoms with E-state index < -0.39 is 20.7 Å². The molecule has 0 radical (unpaired) electrons. The molecule has 0 saturated carbocycles. The van der Waals surface area contributed by atoms with Crippen molar-refractivity contribution < 1.29 is 18.4 Å². The quantitative estimate of drug-likeness (QED) is 0.479. The molecule has 0 spiro atoms. The molecule has 2 aromatic carbocycles. The predicted octanol–water partition coefficient (Wildman–Crippen LogP) is 1.13. The monoisotopic (exact) mass is 363 g/mol. The van der Waals surface area contributed by atoms with Gasteiger partial charge in [0.05, 0.1) is 21.2 Å². The highest BCUT2D eigenvalue weighted by Gasteiger charge is 2.12. The summed E-state index contributed by atoms with van der Waals surface area (Å²) >= 11 is 0. The second-order valence-electron chi connectivity index (χ2n) is 5.33. The van der Waals surface area contributed by atoms with Crippen LogP contribution in [0.2, 0.25) is 0 Å². The molecule has 0 aliphatic heterocycles. The fraction of sp³-hybridized carbons (Fsp3) is 0.133. The Morgan fingerprint density at radius 3 is 2.44 bits per heavy atom. The molecule has 0 fully saturated rings. The maximum absolute atomic E-state index is 11.8. The number of nitrogens with zero attached hydrogens (tertiary/aromatic N) is 3. The van der Waals surface area contributed by atoms with E-state index in [1.54, 1.807) is 19.0 Å². The van der Waals surface area contributed by atoms with Gasteiger partial charge in [0, 0.05) is 32.4 Å². The average Bonchev–Trinajstić information content (AvgIpc) is 2.52. The third kappa shape index (κ3) is 4.31. The highest BCUT2D eigenvalue weighted by molar-refractivity contribution is 7.89. The molecule has 0 aromatic heterocycles. The van der Waals surface area contributed by atoms with Crippen molar-refractivity contribution in [3.05, 3.63) is 52.1 Å². The number of hydrogen-bond acceptors (Lipinski definition) is 7. The van der Waals surface area contributed by atoms with Gasteiger partial charge >= 0.3 is 0 Å². The summed E-state index contributed by atoms with van der Waals surface area (Å²) in [4.78, 5) is 15.9. The van der Waals surface area contributed by atoms with Gasteiger partial charge in [-0.1, -0.05) is 11.8 Å². The number of benzene rings is 2. The van der Waals surface area contributed by atoms with Crippen LogP contribution in [0.5, 0.6) is 5.75 Å². The van der Waals surface area contributed by atoms with Crippen LogP contribution < -0.4 is 15.1 Å². The van der Waals surface area contributed by atoms with Gasteiger partial charge < -0.3 is 10.0 Å². The van der Waals surface area contributed by atoms with E-state index in [2.05, 4.69) is 4.99 Å². The van der Waals surface area contributed by atoms with E-state index >= 15 is 0 Å². The van der Waals surface area contributed by atoms with Gasteiger partial charge in [0.2, 0.25) is 10.0 Å². The number of primary sulfonamides is 1. The first-order valence-electron chi connectivity index (χ1n) is 6.93. The smallest absolute Gasteiger partial charge is 0.270 e. The number of hydrogen-bond donors (Lipinski definition) is 1. The van der Waals surface area contributed by atoms with E-state index in [9.17, 15) is 23.6 Å². The van der Waals surface area contributed by atoms with Crippen molar-refractivity contribution in [2.45, 2.75) is 4.90 Å². The predicted molar refractivity (Wildman–Crippen MR) is 91.9 cm³/mol. The van der Waals surface area contributed by atoms with Crippen LogP contribution in [0.1, 0.15) is 5.56 Å².